The fourth-order valence-electron chi connectivity index (χ4n) is 2.23. The van der Waals surface area contributed by atoms with Crippen LogP contribution in [0.15, 0.2) is 18.2 Å². The van der Waals surface area contributed by atoms with Crippen molar-refractivity contribution in [3.05, 3.63) is 23.8 Å². The number of nitrogens with one attached hydrogen (secondary N) is 2. The highest BCUT2D eigenvalue weighted by Gasteiger charge is 2.21. The lowest BCUT2D eigenvalue weighted by molar-refractivity contribution is -0.122. The molecule has 5 nitrogen and oxygen atoms in total. The van der Waals surface area contributed by atoms with E-state index in [2.05, 4.69) is 10.6 Å². The van der Waals surface area contributed by atoms with E-state index in [1.165, 1.54) is 0 Å². The zero-order chi connectivity index (χ0) is 13.7. The van der Waals surface area contributed by atoms with Crippen LogP contribution in [0.1, 0.15) is 18.4 Å². The summed E-state index contributed by atoms with van der Waals surface area (Å²) in [7, 11) is 3.23. The summed E-state index contributed by atoms with van der Waals surface area (Å²) in [4.78, 5) is 11.9. The summed E-state index contributed by atoms with van der Waals surface area (Å²) in [5, 5.41) is 6.11. The topological polar surface area (TPSA) is 59.6 Å². The Morgan fingerprint density at radius 3 is 2.89 bits per heavy atom. The molecule has 1 aromatic rings. The Labute approximate surface area is 113 Å². The highest BCUT2D eigenvalue weighted by Crippen LogP contribution is 2.23. The first kappa shape index (κ1) is 13.7. The molecule has 5 heteroatoms. The Morgan fingerprint density at radius 2 is 2.26 bits per heavy atom. The lowest BCUT2D eigenvalue weighted by Crippen LogP contribution is -2.40. The van der Waals surface area contributed by atoms with Gasteiger partial charge >= 0.3 is 0 Å². The number of carbonyl (C=O) groups excluding carboxylic acids is 1. The van der Waals surface area contributed by atoms with Crippen molar-refractivity contribution < 1.29 is 14.3 Å². The molecule has 1 atom stereocenters. The van der Waals surface area contributed by atoms with Gasteiger partial charge in [0.05, 0.1) is 20.3 Å². The van der Waals surface area contributed by atoms with Gasteiger partial charge in [0.15, 0.2) is 0 Å². The monoisotopic (exact) mass is 264 g/mol. The second kappa shape index (κ2) is 6.43. The molecule has 1 heterocycles. The minimum absolute atomic E-state index is 0.0439. The standard InChI is InChI=1S/C14H20N2O3/c1-18-11-5-6-13(19-2)10(8-11)9-16-14(17)12-4-3-7-15-12/h5-6,8,12,15H,3-4,7,9H2,1-2H3,(H,16,17)/t12-/m1/s1. The van der Waals surface area contributed by atoms with Gasteiger partial charge in [0.2, 0.25) is 5.91 Å². The van der Waals surface area contributed by atoms with Gasteiger partial charge in [-0.05, 0) is 37.6 Å². The maximum absolute atomic E-state index is 11.9. The molecule has 2 rings (SSSR count). The van der Waals surface area contributed by atoms with E-state index in [4.69, 9.17) is 9.47 Å². The minimum Gasteiger partial charge on any atom is -0.497 e. The average Bonchev–Trinajstić information content (AvgIpc) is 2.98. The number of hydrogen-bond acceptors (Lipinski definition) is 4. The molecule has 1 amide bonds. The van der Waals surface area contributed by atoms with Crippen LogP contribution < -0.4 is 20.1 Å². The average molecular weight is 264 g/mol. The van der Waals surface area contributed by atoms with E-state index in [0.29, 0.717) is 6.54 Å². The Hall–Kier alpha value is -1.75. The molecule has 1 saturated heterocycles. The van der Waals surface area contributed by atoms with Crippen molar-refractivity contribution in [3.8, 4) is 11.5 Å². The molecule has 2 N–H and O–H groups in total. The number of ether oxygens (including phenoxy) is 2. The molecule has 19 heavy (non-hydrogen) atoms. The lowest BCUT2D eigenvalue weighted by atomic mass is 10.1. The zero-order valence-electron chi connectivity index (χ0n) is 11.4. The Kier molecular flexibility index (Phi) is 4.63. The van der Waals surface area contributed by atoms with Crippen LogP contribution >= 0.6 is 0 Å². The third kappa shape index (κ3) is 3.38. The molecule has 0 saturated carbocycles. The lowest BCUT2D eigenvalue weighted by Gasteiger charge is -2.14. The van der Waals surface area contributed by atoms with E-state index >= 15 is 0 Å². The van der Waals surface area contributed by atoms with Gasteiger partial charge < -0.3 is 20.1 Å². The number of hydrogen-bond donors (Lipinski definition) is 2. The van der Waals surface area contributed by atoms with E-state index in [0.717, 1.165) is 36.4 Å². The quantitative estimate of drug-likeness (QED) is 0.835. The van der Waals surface area contributed by atoms with E-state index in [1.807, 2.05) is 18.2 Å². The number of amides is 1. The van der Waals surface area contributed by atoms with Crippen molar-refractivity contribution in [2.45, 2.75) is 25.4 Å². The van der Waals surface area contributed by atoms with E-state index < -0.39 is 0 Å². The summed E-state index contributed by atoms with van der Waals surface area (Å²) in [5.41, 5.74) is 0.910. The largest absolute Gasteiger partial charge is 0.497 e. The first-order valence-electron chi connectivity index (χ1n) is 6.46. The summed E-state index contributed by atoms with van der Waals surface area (Å²) in [6.45, 7) is 1.36. The van der Waals surface area contributed by atoms with Crippen LogP contribution in [0.2, 0.25) is 0 Å². The van der Waals surface area contributed by atoms with Gasteiger partial charge in [-0.2, -0.15) is 0 Å². The molecular formula is C14H20N2O3. The van der Waals surface area contributed by atoms with Gasteiger partial charge in [0.1, 0.15) is 11.5 Å². The minimum atomic E-state index is -0.0587. The molecule has 0 bridgehead atoms. The van der Waals surface area contributed by atoms with Crippen molar-refractivity contribution in [1.82, 2.24) is 10.6 Å². The molecule has 1 aliphatic rings. The fourth-order valence-corrected chi connectivity index (χ4v) is 2.23. The SMILES string of the molecule is COc1ccc(OC)c(CNC(=O)[C@H]2CCCN2)c1. The van der Waals surface area contributed by atoms with E-state index in [-0.39, 0.29) is 11.9 Å². The number of rotatable bonds is 5. The summed E-state index contributed by atoms with van der Waals surface area (Å²) in [5.74, 6) is 1.55. The first-order valence-corrected chi connectivity index (χ1v) is 6.46. The van der Waals surface area contributed by atoms with Crippen molar-refractivity contribution >= 4 is 5.91 Å². The normalized spacial score (nSPS) is 18.1. The molecule has 0 aliphatic carbocycles. The summed E-state index contributed by atoms with van der Waals surface area (Å²) in [6.07, 6.45) is 1.96. The van der Waals surface area contributed by atoms with Gasteiger partial charge in [-0.25, -0.2) is 0 Å². The third-order valence-corrected chi connectivity index (χ3v) is 3.32. The molecule has 1 aliphatic heterocycles. The van der Waals surface area contributed by atoms with Gasteiger partial charge in [-0.15, -0.1) is 0 Å². The second-order valence-electron chi connectivity index (χ2n) is 4.54. The molecule has 0 aromatic heterocycles. The van der Waals surface area contributed by atoms with Gasteiger partial charge in [0, 0.05) is 12.1 Å². The van der Waals surface area contributed by atoms with Crippen molar-refractivity contribution in [3.63, 3.8) is 0 Å². The molecule has 104 valence electrons. The molecule has 0 unspecified atom stereocenters. The van der Waals surface area contributed by atoms with Gasteiger partial charge in [-0.1, -0.05) is 0 Å². The van der Waals surface area contributed by atoms with Crippen LogP contribution in [0.5, 0.6) is 11.5 Å². The molecule has 0 radical (unpaired) electrons. The van der Waals surface area contributed by atoms with Crippen LogP contribution in [-0.4, -0.2) is 32.7 Å². The Morgan fingerprint density at radius 1 is 1.42 bits per heavy atom. The van der Waals surface area contributed by atoms with Crippen LogP contribution in [-0.2, 0) is 11.3 Å². The maximum Gasteiger partial charge on any atom is 0.237 e. The fraction of sp³-hybridized carbons (Fsp3) is 0.500. The third-order valence-electron chi connectivity index (χ3n) is 3.32. The smallest absolute Gasteiger partial charge is 0.237 e. The number of benzene rings is 1. The summed E-state index contributed by atoms with van der Waals surface area (Å²) >= 11 is 0. The van der Waals surface area contributed by atoms with Crippen LogP contribution in [0.25, 0.3) is 0 Å². The number of methoxy groups -OCH3 is 2. The summed E-state index contributed by atoms with van der Waals surface area (Å²) < 4.78 is 10.5. The molecular weight excluding hydrogens is 244 g/mol. The highest BCUT2D eigenvalue weighted by molar-refractivity contribution is 5.82. The van der Waals surface area contributed by atoms with E-state index in [1.54, 1.807) is 14.2 Å². The summed E-state index contributed by atoms with van der Waals surface area (Å²) in [6, 6.07) is 5.49. The molecule has 1 aromatic carbocycles. The van der Waals surface area contributed by atoms with Crippen LogP contribution in [0, 0.1) is 0 Å². The Bertz CT molecular complexity index is 442. The van der Waals surface area contributed by atoms with Gasteiger partial charge in [-0.3, -0.25) is 4.79 Å². The number of carbonyl (C=O) groups is 1. The molecule has 1 fully saturated rings. The Balaban J connectivity index is 1.99. The predicted octanol–water partition coefficient (Wildman–Crippen LogP) is 1.07. The van der Waals surface area contributed by atoms with Gasteiger partial charge in [0.25, 0.3) is 0 Å². The first-order chi connectivity index (χ1) is 9.24. The maximum atomic E-state index is 11.9. The van der Waals surface area contributed by atoms with E-state index in [9.17, 15) is 4.79 Å². The predicted molar refractivity (Wildman–Crippen MR) is 72.4 cm³/mol. The van der Waals surface area contributed by atoms with Crippen LogP contribution in [0.4, 0.5) is 0 Å². The second-order valence-corrected chi connectivity index (χ2v) is 4.54. The van der Waals surface area contributed by atoms with Crippen molar-refractivity contribution in [2.75, 3.05) is 20.8 Å². The zero-order valence-corrected chi connectivity index (χ0v) is 11.4. The highest BCUT2D eigenvalue weighted by atomic mass is 16.5. The van der Waals surface area contributed by atoms with Crippen molar-refractivity contribution in [2.24, 2.45) is 0 Å². The van der Waals surface area contributed by atoms with Crippen LogP contribution in [0.3, 0.4) is 0 Å². The molecule has 0 spiro atoms. The van der Waals surface area contributed by atoms with Crippen molar-refractivity contribution in [1.29, 1.82) is 0 Å².